The molecule has 0 aliphatic carbocycles. The first kappa shape index (κ1) is 19.8. The normalized spacial score (nSPS) is 22.7. The van der Waals surface area contributed by atoms with E-state index in [2.05, 4.69) is 27.2 Å². The third kappa shape index (κ3) is 3.81. The number of carbonyl (C=O) groups excluding carboxylic acids is 1. The van der Waals surface area contributed by atoms with E-state index in [1.165, 1.54) is 0 Å². The smallest absolute Gasteiger partial charge is 0.324 e. The molecule has 0 unspecified atom stereocenters. The van der Waals surface area contributed by atoms with Gasteiger partial charge in [-0.1, -0.05) is 65.8 Å². The molecule has 2 aliphatic heterocycles. The summed E-state index contributed by atoms with van der Waals surface area (Å²) in [6, 6.07) is 20.7. The minimum atomic E-state index is 0.0284. The maximum Gasteiger partial charge on any atom is 0.324 e. The zero-order valence-corrected chi connectivity index (χ0v) is 17.6. The Bertz CT molecular complexity index is 1020. The van der Waals surface area contributed by atoms with E-state index in [1.54, 1.807) is 0 Å². The molecule has 3 atom stereocenters. The first-order valence-electron chi connectivity index (χ1n) is 10.8. The first-order valence-corrected chi connectivity index (χ1v) is 10.8. The second-order valence-corrected chi connectivity index (χ2v) is 8.13. The van der Waals surface area contributed by atoms with Crippen molar-refractivity contribution < 1.29 is 14.1 Å². The lowest BCUT2D eigenvalue weighted by atomic mass is 9.89. The summed E-state index contributed by atoms with van der Waals surface area (Å²) in [6.45, 7) is 4.87. The first-order chi connectivity index (χ1) is 15.2. The molecule has 7 nitrogen and oxygen atoms in total. The van der Waals surface area contributed by atoms with Crippen LogP contribution in [0.4, 0.5) is 6.01 Å². The lowest BCUT2D eigenvalue weighted by Crippen LogP contribution is -2.37. The summed E-state index contributed by atoms with van der Waals surface area (Å²) in [7, 11) is 0. The topological polar surface area (TPSA) is 71.7 Å². The molecule has 7 heteroatoms. The van der Waals surface area contributed by atoms with Gasteiger partial charge in [0.1, 0.15) is 6.61 Å². The molecule has 2 saturated heterocycles. The fraction of sp³-hybridized carbons (Fsp3) is 0.375. The number of aromatic nitrogens is 2. The molecule has 0 radical (unpaired) electrons. The summed E-state index contributed by atoms with van der Waals surface area (Å²) >= 11 is 0. The van der Waals surface area contributed by atoms with Crippen LogP contribution in [0.5, 0.6) is 0 Å². The van der Waals surface area contributed by atoms with Gasteiger partial charge in [-0.15, -0.1) is 0 Å². The predicted octanol–water partition coefficient (Wildman–Crippen LogP) is 3.41. The van der Waals surface area contributed by atoms with E-state index in [9.17, 15) is 4.79 Å². The molecule has 0 bridgehead atoms. The van der Waals surface area contributed by atoms with Crippen LogP contribution in [0, 0.1) is 11.8 Å². The van der Waals surface area contributed by atoms with Crippen LogP contribution in [-0.2, 0) is 9.53 Å². The Morgan fingerprint density at radius 3 is 2.55 bits per heavy atom. The molecule has 3 aromatic rings. The molecule has 5 rings (SSSR count). The van der Waals surface area contributed by atoms with Gasteiger partial charge in [-0.25, -0.2) is 0 Å². The fourth-order valence-corrected chi connectivity index (χ4v) is 4.86. The molecule has 2 aromatic carbocycles. The van der Waals surface area contributed by atoms with E-state index in [0.29, 0.717) is 36.8 Å². The Morgan fingerprint density at radius 2 is 1.81 bits per heavy atom. The molecular formula is C24H26N4O3. The highest BCUT2D eigenvalue weighted by molar-refractivity contribution is 5.78. The number of likely N-dealkylation sites (tertiary alicyclic amines) is 1. The van der Waals surface area contributed by atoms with Gasteiger partial charge in [0.25, 0.3) is 0 Å². The summed E-state index contributed by atoms with van der Waals surface area (Å²) < 4.78 is 11.0. The van der Waals surface area contributed by atoms with Gasteiger partial charge in [-0.05, 0) is 12.5 Å². The predicted molar refractivity (Wildman–Crippen MR) is 116 cm³/mol. The molecule has 0 saturated carbocycles. The lowest BCUT2D eigenvalue weighted by Gasteiger charge is -2.29. The molecule has 1 amide bonds. The molecular weight excluding hydrogens is 392 g/mol. The fourth-order valence-electron chi connectivity index (χ4n) is 4.86. The molecule has 160 valence electrons. The Morgan fingerprint density at radius 1 is 1.06 bits per heavy atom. The van der Waals surface area contributed by atoms with E-state index in [-0.39, 0.29) is 18.6 Å². The number of nitrogens with zero attached hydrogens (tertiary/aromatic N) is 4. The number of amides is 1. The van der Waals surface area contributed by atoms with E-state index < -0.39 is 0 Å². The van der Waals surface area contributed by atoms with E-state index in [1.807, 2.05) is 60.4 Å². The third-order valence-electron chi connectivity index (χ3n) is 6.27. The highest BCUT2D eigenvalue weighted by atomic mass is 16.5. The third-order valence-corrected chi connectivity index (χ3v) is 6.27. The lowest BCUT2D eigenvalue weighted by molar-refractivity contribution is -0.137. The molecule has 3 heterocycles. The molecule has 31 heavy (non-hydrogen) atoms. The Kier molecular flexibility index (Phi) is 5.42. The Balaban J connectivity index is 1.37. The number of benzene rings is 2. The number of carbonyl (C=O) groups is 1. The van der Waals surface area contributed by atoms with Crippen LogP contribution in [0.1, 0.15) is 18.5 Å². The quantitative estimate of drug-likeness (QED) is 0.611. The van der Waals surface area contributed by atoms with Crippen molar-refractivity contribution >= 4 is 11.9 Å². The van der Waals surface area contributed by atoms with Gasteiger partial charge < -0.3 is 19.1 Å². The van der Waals surface area contributed by atoms with Crippen LogP contribution in [0.3, 0.4) is 0 Å². The number of hydrogen-bond acceptors (Lipinski definition) is 6. The van der Waals surface area contributed by atoms with Crippen molar-refractivity contribution in [3.63, 3.8) is 0 Å². The zero-order chi connectivity index (χ0) is 21.2. The average Bonchev–Trinajstić information content (AvgIpc) is 3.53. The van der Waals surface area contributed by atoms with Crippen molar-refractivity contribution in [3.8, 4) is 11.4 Å². The van der Waals surface area contributed by atoms with Gasteiger partial charge in [0.05, 0.1) is 6.04 Å². The Hall–Kier alpha value is -3.19. The van der Waals surface area contributed by atoms with Crippen LogP contribution in [0.25, 0.3) is 11.4 Å². The van der Waals surface area contributed by atoms with Gasteiger partial charge >= 0.3 is 6.01 Å². The van der Waals surface area contributed by atoms with Gasteiger partial charge in [-0.3, -0.25) is 4.79 Å². The van der Waals surface area contributed by atoms with Crippen molar-refractivity contribution in [2.45, 2.75) is 13.0 Å². The molecule has 0 spiro atoms. The van der Waals surface area contributed by atoms with Crippen molar-refractivity contribution in [3.05, 3.63) is 66.2 Å². The summed E-state index contributed by atoms with van der Waals surface area (Å²) in [5.74, 6) is 1.31. The summed E-state index contributed by atoms with van der Waals surface area (Å²) in [6.07, 6.45) is 0. The van der Waals surface area contributed by atoms with E-state index in [4.69, 9.17) is 9.26 Å². The molecule has 2 aliphatic rings. The highest BCUT2D eigenvalue weighted by Gasteiger charge is 2.49. The van der Waals surface area contributed by atoms with Gasteiger partial charge in [0.2, 0.25) is 11.7 Å². The van der Waals surface area contributed by atoms with Crippen molar-refractivity contribution in [2.24, 2.45) is 11.8 Å². The van der Waals surface area contributed by atoms with Crippen molar-refractivity contribution in [2.75, 3.05) is 37.7 Å². The standard InChI is InChI=1S/C24H26N4O3/c1-2-30-16-21(29)28-14-19-13-27(15-20(19)22(28)17-9-5-3-6-10-17)24-25-23(26-31-24)18-11-7-4-8-12-18/h3-12,19-20,22H,2,13-16H2,1H3/t19-,20-,22-/m0/s1. The van der Waals surface area contributed by atoms with Gasteiger partial charge in [-0.2, -0.15) is 4.98 Å². The summed E-state index contributed by atoms with van der Waals surface area (Å²) in [5, 5.41) is 4.17. The number of hydrogen-bond donors (Lipinski definition) is 0. The molecule has 1 aromatic heterocycles. The van der Waals surface area contributed by atoms with Crippen molar-refractivity contribution in [1.29, 1.82) is 0 Å². The molecule has 0 N–H and O–H groups in total. The maximum absolute atomic E-state index is 12.9. The zero-order valence-electron chi connectivity index (χ0n) is 17.6. The van der Waals surface area contributed by atoms with Crippen LogP contribution in [-0.4, -0.2) is 53.8 Å². The summed E-state index contributed by atoms with van der Waals surface area (Å²) in [5.41, 5.74) is 2.10. The Labute approximate surface area is 181 Å². The minimum Gasteiger partial charge on any atom is -0.372 e. The van der Waals surface area contributed by atoms with E-state index in [0.717, 1.165) is 24.2 Å². The van der Waals surface area contributed by atoms with Crippen LogP contribution >= 0.6 is 0 Å². The molecule has 2 fully saturated rings. The van der Waals surface area contributed by atoms with Gasteiger partial charge in [0.15, 0.2) is 0 Å². The second-order valence-electron chi connectivity index (χ2n) is 8.13. The van der Waals surface area contributed by atoms with Crippen LogP contribution in [0.15, 0.2) is 65.2 Å². The number of ether oxygens (including phenoxy) is 1. The maximum atomic E-state index is 12.9. The largest absolute Gasteiger partial charge is 0.372 e. The number of rotatable bonds is 6. The highest BCUT2D eigenvalue weighted by Crippen LogP contribution is 2.45. The minimum absolute atomic E-state index is 0.0284. The SMILES string of the molecule is CCOCC(=O)N1C[C@@H]2CN(c3nc(-c4ccccc4)no3)C[C@@H]2[C@@H]1c1ccccc1. The van der Waals surface area contributed by atoms with E-state index >= 15 is 0 Å². The average molecular weight is 418 g/mol. The second kappa shape index (κ2) is 8.51. The monoisotopic (exact) mass is 418 g/mol. The number of anilines is 1. The number of fused-ring (bicyclic) bond motifs is 1. The van der Waals surface area contributed by atoms with Gasteiger partial charge in [0, 0.05) is 43.6 Å². The van der Waals surface area contributed by atoms with Crippen molar-refractivity contribution in [1.82, 2.24) is 15.0 Å². The van der Waals surface area contributed by atoms with Crippen LogP contribution < -0.4 is 4.90 Å². The summed E-state index contributed by atoms with van der Waals surface area (Å²) in [4.78, 5) is 21.7. The van der Waals surface area contributed by atoms with Crippen LogP contribution in [0.2, 0.25) is 0 Å².